The molecule has 1 heterocycles. The highest BCUT2D eigenvalue weighted by molar-refractivity contribution is 8.01. The Morgan fingerprint density at radius 1 is 1.48 bits per heavy atom. The van der Waals surface area contributed by atoms with Crippen LogP contribution in [0.4, 0.5) is 20.9 Å². The van der Waals surface area contributed by atoms with Gasteiger partial charge >= 0.3 is 0 Å². The molecule has 0 bridgehead atoms. The fourth-order valence-corrected chi connectivity index (χ4v) is 2.96. The standard InChI is InChI=1S/C12H14FN5OS2/c1-18(2)11-16-17-12(21-11)20-6-10(19)15-9-5-7(13)3-4-8(9)14/h3-5H,6,14H2,1-2H3,(H,15,19). The van der Waals surface area contributed by atoms with Crippen molar-refractivity contribution in [3.63, 3.8) is 0 Å². The number of carbonyl (C=O) groups is 1. The van der Waals surface area contributed by atoms with Gasteiger partial charge in [0, 0.05) is 14.1 Å². The van der Waals surface area contributed by atoms with Gasteiger partial charge in [-0.25, -0.2) is 4.39 Å². The number of nitrogens with two attached hydrogens (primary N) is 1. The van der Waals surface area contributed by atoms with Crippen LogP contribution in [0.3, 0.4) is 0 Å². The van der Waals surface area contributed by atoms with Crippen molar-refractivity contribution in [3.8, 4) is 0 Å². The molecule has 0 fully saturated rings. The van der Waals surface area contributed by atoms with Crippen molar-refractivity contribution in [1.82, 2.24) is 10.2 Å². The van der Waals surface area contributed by atoms with E-state index in [1.54, 1.807) is 0 Å². The summed E-state index contributed by atoms with van der Waals surface area (Å²) in [6, 6.07) is 3.84. The summed E-state index contributed by atoms with van der Waals surface area (Å²) in [7, 11) is 3.74. The summed E-state index contributed by atoms with van der Waals surface area (Å²) in [5.41, 5.74) is 6.26. The zero-order valence-corrected chi connectivity index (χ0v) is 13.1. The van der Waals surface area contributed by atoms with Gasteiger partial charge in [-0.05, 0) is 18.2 Å². The van der Waals surface area contributed by atoms with Gasteiger partial charge in [-0.2, -0.15) is 0 Å². The summed E-state index contributed by atoms with van der Waals surface area (Å²) < 4.78 is 13.8. The number of nitrogen functional groups attached to an aromatic ring is 1. The van der Waals surface area contributed by atoms with Gasteiger partial charge in [-0.1, -0.05) is 23.1 Å². The fourth-order valence-electron chi connectivity index (χ4n) is 1.39. The Kier molecular flexibility index (Phi) is 4.97. The second-order valence-electron chi connectivity index (χ2n) is 4.31. The van der Waals surface area contributed by atoms with Crippen LogP contribution in [0.15, 0.2) is 22.5 Å². The SMILES string of the molecule is CN(C)c1nnc(SCC(=O)Nc2cc(F)ccc2N)s1. The van der Waals surface area contributed by atoms with Gasteiger partial charge in [0.2, 0.25) is 11.0 Å². The molecule has 0 unspecified atom stereocenters. The number of nitrogens with one attached hydrogen (secondary N) is 1. The summed E-state index contributed by atoms with van der Waals surface area (Å²) in [5, 5.41) is 11.3. The first-order valence-corrected chi connectivity index (χ1v) is 7.74. The van der Waals surface area contributed by atoms with E-state index in [1.807, 2.05) is 19.0 Å². The Balaban J connectivity index is 1.91. The van der Waals surface area contributed by atoms with Crippen LogP contribution in [-0.4, -0.2) is 36.0 Å². The molecule has 0 saturated heterocycles. The molecule has 0 spiro atoms. The summed E-state index contributed by atoms with van der Waals surface area (Å²) in [6.07, 6.45) is 0. The predicted molar refractivity (Wildman–Crippen MR) is 84.4 cm³/mol. The fraction of sp³-hybridized carbons (Fsp3) is 0.250. The summed E-state index contributed by atoms with van der Waals surface area (Å²) >= 11 is 2.66. The van der Waals surface area contributed by atoms with Gasteiger partial charge < -0.3 is 16.0 Å². The normalized spacial score (nSPS) is 10.4. The van der Waals surface area contributed by atoms with E-state index in [0.717, 1.165) is 5.13 Å². The maximum atomic E-state index is 13.1. The van der Waals surface area contributed by atoms with Gasteiger partial charge in [0.25, 0.3) is 0 Å². The van der Waals surface area contributed by atoms with Crippen LogP contribution in [0.25, 0.3) is 0 Å². The van der Waals surface area contributed by atoms with Crippen molar-refractivity contribution in [2.45, 2.75) is 4.34 Å². The van der Waals surface area contributed by atoms with E-state index >= 15 is 0 Å². The molecule has 0 aliphatic heterocycles. The molecule has 0 aliphatic rings. The molecule has 0 atom stereocenters. The molecule has 6 nitrogen and oxygen atoms in total. The Bertz CT molecular complexity index is 646. The Labute approximate surface area is 129 Å². The Morgan fingerprint density at radius 2 is 2.24 bits per heavy atom. The summed E-state index contributed by atoms with van der Waals surface area (Å²) in [5.74, 6) is -0.580. The maximum absolute atomic E-state index is 13.1. The van der Waals surface area contributed by atoms with Gasteiger partial charge in [0.15, 0.2) is 4.34 Å². The molecule has 21 heavy (non-hydrogen) atoms. The van der Waals surface area contributed by atoms with E-state index in [2.05, 4.69) is 15.5 Å². The number of anilines is 3. The van der Waals surface area contributed by atoms with Gasteiger partial charge in [-0.15, -0.1) is 10.2 Å². The smallest absolute Gasteiger partial charge is 0.234 e. The van der Waals surface area contributed by atoms with Crippen LogP contribution < -0.4 is 16.0 Å². The molecule has 0 saturated carbocycles. The quantitative estimate of drug-likeness (QED) is 0.646. The molecule has 1 aromatic heterocycles. The van der Waals surface area contributed by atoms with Crippen molar-refractivity contribution in [1.29, 1.82) is 0 Å². The van der Waals surface area contributed by atoms with E-state index < -0.39 is 5.82 Å². The molecule has 0 aliphatic carbocycles. The van der Waals surface area contributed by atoms with E-state index in [4.69, 9.17) is 5.73 Å². The number of rotatable bonds is 5. The van der Waals surface area contributed by atoms with Gasteiger partial charge in [0.05, 0.1) is 17.1 Å². The molecule has 9 heteroatoms. The Hall–Kier alpha value is -1.87. The predicted octanol–water partition coefficient (Wildman–Crippen LogP) is 2.06. The van der Waals surface area contributed by atoms with Crippen molar-refractivity contribution in [3.05, 3.63) is 24.0 Å². The van der Waals surface area contributed by atoms with Gasteiger partial charge in [-0.3, -0.25) is 4.79 Å². The summed E-state index contributed by atoms with van der Waals surface area (Å²) in [6.45, 7) is 0. The number of thioether (sulfide) groups is 1. The van der Waals surface area contributed by atoms with Crippen molar-refractivity contribution < 1.29 is 9.18 Å². The largest absolute Gasteiger partial charge is 0.397 e. The van der Waals surface area contributed by atoms with Crippen LogP contribution >= 0.6 is 23.1 Å². The number of nitrogens with zero attached hydrogens (tertiary/aromatic N) is 3. The third kappa shape index (κ3) is 4.30. The number of amides is 1. The van der Waals surface area contributed by atoms with Crippen LogP contribution in [0, 0.1) is 5.82 Å². The van der Waals surface area contributed by atoms with E-state index in [-0.39, 0.29) is 17.3 Å². The highest BCUT2D eigenvalue weighted by Gasteiger charge is 2.10. The molecule has 2 aromatic rings. The minimum absolute atomic E-state index is 0.151. The summed E-state index contributed by atoms with van der Waals surface area (Å²) in [4.78, 5) is 13.7. The Morgan fingerprint density at radius 3 is 2.90 bits per heavy atom. The number of aromatic nitrogens is 2. The lowest BCUT2D eigenvalue weighted by atomic mass is 10.2. The molecule has 112 valence electrons. The van der Waals surface area contributed by atoms with Crippen LogP contribution in [0.1, 0.15) is 0 Å². The average molecular weight is 327 g/mol. The highest BCUT2D eigenvalue weighted by Crippen LogP contribution is 2.27. The molecular formula is C12H14FN5OS2. The topological polar surface area (TPSA) is 84.1 Å². The molecule has 0 radical (unpaired) electrons. The lowest BCUT2D eigenvalue weighted by Gasteiger charge is -2.07. The van der Waals surface area contributed by atoms with Crippen molar-refractivity contribution >= 4 is 45.5 Å². The average Bonchev–Trinajstić information content (AvgIpc) is 2.90. The monoisotopic (exact) mass is 327 g/mol. The van der Waals surface area contributed by atoms with Crippen LogP contribution in [-0.2, 0) is 4.79 Å². The van der Waals surface area contributed by atoms with Crippen LogP contribution in [0.2, 0.25) is 0 Å². The molecule has 1 amide bonds. The molecular weight excluding hydrogens is 313 g/mol. The highest BCUT2D eigenvalue weighted by atomic mass is 32.2. The first-order valence-electron chi connectivity index (χ1n) is 5.94. The second kappa shape index (κ2) is 6.72. The minimum atomic E-state index is -0.452. The van der Waals surface area contributed by atoms with Crippen molar-refractivity contribution in [2.75, 3.05) is 35.8 Å². The first-order chi connectivity index (χ1) is 9.95. The number of hydrogen-bond acceptors (Lipinski definition) is 7. The number of hydrogen-bond donors (Lipinski definition) is 2. The third-order valence-electron chi connectivity index (χ3n) is 2.39. The zero-order valence-electron chi connectivity index (χ0n) is 11.5. The first kappa shape index (κ1) is 15.5. The van der Waals surface area contributed by atoms with E-state index in [9.17, 15) is 9.18 Å². The zero-order chi connectivity index (χ0) is 15.4. The lowest BCUT2D eigenvalue weighted by molar-refractivity contribution is -0.113. The number of benzene rings is 1. The van der Waals surface area contributed by atoms with E-state index in [1.165, 1.54) is 41.3 Å². The van der Waals surface area contributed by atoms with Crippen LogP contribution in [0.5, 0.6) is 0 Å². The minimum Gasteiger partial charge on any atom is -0.397 e. The van der Waals surface area contributed by atoms with Gasteiger partial charge in [0.1, 0.15) is 5.82 Å². The molecule has 3 N–H and O–H groups in total. The third-order valence-corrected chi connectivity index (χ3v) is 4.62. The number of carbonyl (C=O) groups excluding carboxylic acids is 1. The lowest BCUT2D eigenvalue weighted by Crippen LogP contribution is -2.15. The second-order valence-corrected chi connectivity index (χ2v) is 6.49. The molecule has 2 rings (SSSR count). The molecule has 1 aromatic carbocycles. The maximum Gasteiger partial charge on any atom is 0.234 e. The van der Waals surface area contributed by atoms with E-state index in [0.29, 0.717) is 10.0 Å². The number of halogens is 1. The van der Waals surface area contributed by atoms with Crippen molar-refractivity contribution in [2.24, 2.45) is 0 Å².